The number of carbonyl (C=O) groups excluding carboxylic acids is 1. The molecule has 126 valence electrons. The molecule has 1 aromatic carbocycles. The number of nitrogens with zero attached hydrogens (tertiary/aromatic N) is 3. The van der Waals surface area contributed by atoms with E-state index in [4.69, 9.17) is 9.47 Å². The van der Waals surface area contributed by atoms with Gasteiger partial charge < -0.3 is 9.47 Å². The second-order valence-corrected chi connectivity index (χ2v) is 7.57. The van der Waals surface area contributed by atoms with Crippen LogP contribution in [0.1, 0.15) is 30.8 Å². The lowest BCUT2D eigenvalue weighted by atomic mass is 10.0. The molecule has 0 saturated heterocycles. The molecule has 2 aliphatic rings. The average Bonchev–Trinajstić information content (AvgIpc) is 2.96. The van der Waals surface area contributed by atoms with Gasteiger partial charge in [-0.2, -0.15) is 5.10 Å². The van der Waals surface area contributed by atoms with Crippen LogP contribution in [0.2, 0.25) is 0 Å². The Bertz CT molecular complexity index is 792. The number of fused-ring (bicyclic) bond motifs is 2. The van der Waals surface area contributed by atoms with E-state index in [-0.39, 0.29) is 5.91 Å². The Morgan fingerprint density at radius 1 is 1.33 bits per heavy atom. The number of aromatic nitrogens is 2. The minimum Gasteiger partial charge on any atom is -0.484 e. The highest BCUT2D eigenvalue weighted by atomic mass is 79.9. The molecular weight excluding hydrogens is 374 g/mol. The van der Waals surface area contributed by atoms with Crippen LogP contribution >= 0.6 is 15.9 Å². The molecule has 24 heavy (non-hydrogen) atoms. The van der Waals surface area contributed by atoms with Gasteiger partial charge in [-0.1, -0.05) is 15.9 Å². The summed E-state index contributed by atoms with van der Waals surface area (Å²) < 4.78 is 14.3. The molecule has 7 heteroatoms. The van der Waals surface area contributed by atoms with Crippen LogP contribution < -0.4 is 14.4 Å². The maximum Gasteiger partial charge on any atom is 0.279 e. The number of ether oxygens (including phenoxy) is 2. The molecule has 0 atom stereocenters. The van der Waals surface area contributed by atoms with Crippen molar-refractivity contribution < 1.29 is 14.3 Å². The summed E-state index contributed by atoms with van der Waals surface area (Å²) in [5.74, 6) is 1.21. The van der Waals surface area contributed by atoms with E-state index in [0.717, 1.165) is 23.1 Å². The second kappa shape index (κ2) is 5.51. The molecule has 4 rings (SSSR count). The molecule has 1 amide bonds. The first-order chi connectivity index (χ1) is 11.4. The molecule has 1 aromatic heterocycles. The van der Waals surface area contributed by atoms with E-state index < -0.39 is 5.60 Å². The van der Waals surface area contributed by atoms with Gasteiger partial charge in [-0.15, -0.1) is 0 Å². The first-order valence-electron chi connectivity index (χ1n) is 7.94. The number of amides is 1. The summed E-state index contributed by atoms with van der Waals surface area (Å²) in [5.41, 5.74) is 0.687. The number of carbonyl (C=O) groups is 1. The van der Waals surface area contributed by atoms with E-state index in [1.165, 1.54) is 0 Å². The predicted octanol–water partition coefficient (Wildman–Crippen LogP) is 3.25. The molecule has 0 bridgehead atoms. The molecule has 0 aliphatic carbocycles. The third kappa shape index (κ3) is 2.66. The van der Waals surface area contributed by atoms with Crippen molar-refractivity contribution in [2.75, 3.05) is 18.1 Å². The third-order valence-electron chi connectivity index (χ3n) is 4.11. The van der Waals surface area contributed by atoms with Crippen molar-refractivity contribution >= 4 is 27.5 Å². The molecule has 6 nitrogen and oxygen atoms in total. The summed E-state index contributed by atoms with van der Waals surface area (Å²) in [5, 5.41) is 4.41. The standard InChI is InChI=1S/C17H18BrN3O3/c1-17(2)10-20(13-5-4-11(18)8-14(13)24-17)16(22)12-9-15-21(19-12)6-3-7-23-15/h4-5,8-9H,3,6-7,10H2,1-2H3. The van der Waals surface area contributed by atoms with Gasteiger partial charge in [-0.3, -0.25) is 9.69 Å². The van der Waals surface area contributed by atoms with E-state index in [1.807, 2.05) is 32.0 Å². The van der Waals surface area contributed by atoms with Gasteiger partial charge in [-0.05, 0) is 32.0 Å². The highest BCUT2D eigenvalue weighted by Crippen LogP contribution is 2.39. The molecule has 3 heterocycles. The first kappa shape index (κ1) is 15.5. The van der Waals surface area contributed by atoms with E-state index in [2.05, 4.69) is 21.0 Å². The van der Waals surface area contributed by atoms with Gasteiger partial charge >= 0.3 is 0 Å². The fraction of sp³-hybridized carbons (Fsp3) is 0.412. The van der Waals surface area contributed by atoms with Crippen LogP contribution in [0, 0.1) is 0 Å². The predicted molar refractivity (Wildman–Crippen MR) is 92.9 cm³/mol. The lowest BCUT2D eigenvalue weighted by Crippen LogP contribution is -2.49. The number of hydrogen-bond donors (Lipinski definition) is 0. The Kier molecular flexibility index (Phi) is 3.56. The SMILES string of the molecule is CC1(C)CN(C(=O)c2cc3n(n2)CCCO3)c2ccc(Br)cc2O1. The van der Waals surface area contributed by atoms with Crippen molar-refractivity contribution in [1.82, 2.24) is 9.78 Å². The van der Waals surface area contributed by atoms with Crippen LogP contribution in [0.5, 0.6) is 11.6 Å². The second-order valence-electron chi connectivity index (χ2n) is 6.66. The molecular formula is C17H18BrN3O3. The maximum atomic E-state index is 13.1. The Balaban J connectivity index is 1.72. The van der Waals surface area contributed by atoms with Crippen LogP contribution in [0.4, 0.5) is 5.69 Å². The number of halogens is 1. The van der Waals surface area contributed by atoms with E-state index >= 15 is 0 Å². The Morgan fingerprint density at radius 3 is 2.96 bits per heavy atom. The maximum absolute atomic E-state index is 13.1. The molecule has 0 spiro atoms. The molecule has 0 radical (unpaired) electrons. The minimum atomic E-state index is -0.473. The highest BCUT2D eigenvalue weighted by Gasteiger charge is 2.36. The average molecular weight is 392 g/mol. The lowest BCUT2D eigenvalue weighted by Gasteiger charge is -2.39. The zero-order valence-corrected chi connectivity index (χ0v) is 15.2. The van der Waals surface area contributed by atoms with Gasteiger partial charge in [-0.25, -0.2) is 4.68 Å². The van der Waals surface area contributed by atoms with Gasteiger partial charge in [0.1, 0.15) is 11.4 Å². The van der Waals surface area contributed by atoms with Crippen molar-refractivity contribution in [3.05, 3.63) is 34.4 Å². The first-order valence-corrected chi connectivity index (χ1v) is 8.73. The summed E-state index contributed by atoms with van der Waals surface area (Å²) >= 11 is 3.45. The highest BCUT2D eigenvalue weighted by molar-refractivity contribution is 9.10. The summed E-state index contributed by atoms with van der Waals surface area (Å²) in [4.78, 5) is 14.8. The molecule has 0 unspecified atom stereocenters. The van der Waals surface area contributed by atoms with Gasteiger partial charge in [0.25, 0.3) is 5.91 Å². The lowest BCUT2D eigenvalue weighted by molar-refractivity contribution is 0.0832. The minimum absolute atomic E-state index is 0.138. The van der Waals surface area contributed by atoms with Crippen molar-refractivity contribution in [2.45, 2.75) is 32.4 Å². The number of hydrogen-bond acceptors (Lipinski definition) is 4. The number of benzene rings is 1. The van der Waals surface area contributed by atoms with Crippen LogP contribution in [0.3, 0.4) is 0 Å². The third-order valence-corrected chi connectivity index (χ3v) is 4.60. The Morgan fingerprint density at radius 2 is 2.17 bits per heavy atom. The van der Waals surface area contributed by atoms with E-state index in [0.29, 0.717) is 30.5 Å². The van der Waals surface area contributed by atoms with Crippen LogP contribution in [-0.4, -0.2) is 34.4 Å². The summed E-state index contributed by atoms with van der Waals surface area (Å²) in [7, 11) is 0. The van der Waals surface area contributed by atoms with Crippen LogP contribution in [-0.2, 0) is 6.54 Å². The molecule has 2 aliphatic heterocycles. The smallest absolute Gasteiger partial charge is 0.279 e. The fourth-order valence-electron chi connectivity index (χ4n) is 3.08. The van der Waals surface area contributed by atoms with Crippen molar-refractivity contribution in [3.63, 3.8) is 0 Å². The topological polar surface area (TPSA) is 56.6 Å². The van der Waals surface area contributed by atoms with Gasteiger partial charge in [0.05, 0.1) is 18.8 Å². The van der Waals surface area contributed by atoms with Crippen LogP contribution in [0.25, 0.3) is 0 Å². The molecule has 0 N–H and O–H groups in total. The van der Waals surface area contributed by atoms with E-state index in [9.17, 15) is 4.79 Å². The van der Waals surface area contributed by atoms with Crippen LogP contribution in [0.15, 0.2) is 28.7 Å². The summed E-state index contributed by atoms with van der Waals surface area (Å²) in [6.07, 6.45) is 0.907. The normalized spacial score (nSPS) is 18.2. The van der Waals surface area contributed by atoms with Gasteiger partial charge in [0.15, 0.2) is 5.69 Å². The van der Waals surface area contributed by atoms with Crippen molar-refractivity contribution in [3.8, 4) is 11.6 Å². The summed E-state index contributed by atoms with van der Waals surface area (Å²) in [6.45, 7) is 5.85. The zero-order valence-electron chi connectivity index (χ0n) is 13.6. The monoisotopic (exact) mass is 391 g/mol. The number of aryl methyl sites for hydroxylation is 1. The zero-order chi connectivity index (χ0) is 16.9. The molecule has 0 fully saturated rings. The fourth-order valence-corrected chi connectivity index (χ4v) is 3.42. The Labute approximate surface area is 148 Å². The van der Waals surface area contributed by atoms with E-state index in [1.54, 1.807) is 15.6 Å². The molecule has 2 aromatic rings. The quantitative estimate of drug-likeness (QED) is 0.748. The summed E-state index contributed by atoms with van der Waals surface area (Å²) in [6, 6.07) is 7.40. The Hall–Kier alpha value is -2.02. The number of rotatable bonds is 1. The molecule has 0 saturated carbocycles. The van der Waals surface area contributed by atoms with Gasteiger partial charge in [0, 0.05) is 23.5 Å². The van der Waals surface area contributed by atoms with Crippen molar-refractivity contribution in [1.29, 1.82) is 0 Å². The largest absolute Gasteiger partial charge is 0.484 e. The van der Waals surface area contributed by atoms with Crippen molar-refractivity contribution in [2.24, 2.45) is 0 Å². The van der Waals surface area contributed by atoms with Gasteiger partial charge in [0.2, 0.25) is 5.88 Å². The number of anilines is 1.